The second kappa shape index (κ2) is 9.52. The van der Waals surface area contributed by atoms with Crippen LogP contribution in [0.3, 0.4) is 0 Å². The highest BCUT2D eigenvalue weighted by molar-refractivity contribution is 7.13. The van der Waals surface area contributed by atoms with Gasteiger partial charge in [0, 0.05) is 29.0 Å². The van der Waals surface area contributed by atoms with Crippen molar-refractivity contribution in [3.8, 4) is 5.69 Å². The van der Waals surface area contributed by atoms with Gasteiger partial charge in [-0.25, -0.2) is 0 Å². The standard InChI is InChI=1S/C27H38N3S/c1-17(2)21-12-10-13-22(18(3)4)25(21)29(9)27-28-30(16-31-27)26-23(19(5)6)14-11-15-24(26)20(7)8/h10-20H,1-9H3/q+1. The van der Waals surface area contributed by atoms with Gasteiger partial charge in [-0.3, -0.25) is 0 Å². The largest absolute Gasteiger partial charge is 0.315 e. The third-order valence-electron chi connectivity index (χ3n) is 5.99. The van der Waals surface area contributed by atoms with Gasteiger partial charge in [0.1, 0.15) is 0 Å². The Kier molecular flexibility index (Phi) is 7.20. The Labute approximate surface area is 192 Å². The van der Waals surface area contributed by atoms with Crippen molar-refractivity contribution in [3.63, 3.8) is 0 Å². The number of aromatic nitrogens is 2. The molecule has 0 atom stereocenters. The Morgan fingerprint density at radius 1 is 0.710 bits per heavy atom. The van der Waals surface area contributed by atoms with Crippen molar-refractivity contribution in [2.75, 3.05) is 11.9 Å². The molecule has 1 aromatic heterocycles. The first kappa shape index (κ1) is 23.5. The van der Waals surface area contributed by atoms with Gasteiger partial charge in [-0.15, -0.1) is 0 Å². The van der Waals surface area contributed by atoms with Crippen molar-refractivity contribution in [2.45, 2.75) is 79.1 Å². The fourth-order valence-electron chi connectivity index (χ4n) is 4.26. The van der Waals surface area contributed by atoms with E-state index in [1.807, 2.05) is 0 Å². The summed E-state index contributed by atoms with van der Waals surface area (Å²) in [5, 5.41) is 6.12. The number of anilines is 2. The Balaban J connectivity index is 2.14. The molecule has 0 radical (unpaired) electrons. The van der Waals surface area contributed by atoms with E-state index in [-0.39, 0.29) is 0 Å². The molecule has 0 saturated heterocycles. The number of hydrogen-bond acceptors (Lipinski definition) is 3. The van der Waals surface area contributed by atoms with E-state index in [0.717, 1.165) is 5.13 Å². The van der Waals surface area contributed by atoms with Crippen molar-refractivity contribution in [2.24, 2.45) is 0 Å². The summed E-state index contributed by atoms with van der Waals surface area (Å²) in [5.41, 5.74) is 10.1. The molecule has 3 nitrogen and oxygen atoms in total. The molecular weight excluding hydrogens is 398 g/mol. The van der Waals surface area contributed by atoms with Crippen LogP contribution in [0.4, 0.5) is 10.8 Å². The maximum absolute atomic E-state index is 5.10. The Morgan fingerprint density at radius 2 is 1.13 bits per heavy atom. The van der Waals surface area contributed by atoms with Gasteiger partial charge < -0.3 is 4.90 Å². The van der Waals surface area contributed by atoms with Crippen LogP contribution < -0.4 is 9.58 Å². The first-order valence-electron chi connectivity index (χ1n) is 11.5. The van der Waals surface area contributed by atoms with Gasteiger partial charge in [-0.05, 0) is 50.8 Å². The van der Waals surface area contributed by atoms with Crippen molar-refractivity contribution in [3.05, 3.63) is 64.2 Å². The van der Waals surface area contributed by atoms with E-state index >= 15 is 0 Å². The molecule has 0 aliphatic carbocycles. The molecule has 0 fully saturated rings. The monoisotopic (exact) mass is 436 g/mol. The van der Waals surface area contributed by atoms with Gasteiger partial charge in [0.25, 0.3) is 10.6 Å². The minimum absolute atomic E-state index is 0.443. The molecule has 3 rings (SSSR count). The molecule has 0 unspecified atom stereocenters. The quantitative estimate of drug-likeness (QED) is 0.354. The molecule has 0 saturated carbocycles. The van der Waals surface area contributed by atoms with Crippen LogP contribution in [0.15, 0.2) is 41.9 Å². The molecule has 0 bridgehead atoms. The number of hydrogen-bond donors (Lipinski definition) is 0. The molecule has 0 amide bonds. The predicted octanol–water partition coefficient (Wildman–Crippen LogP) is 7.68. The van der Waals surface area contributed by atoms with Crippen LogP contribution in [-0.4, -0.2) is 12.1 Å². The summed E-state index contributed by atoms with van der Waals surface area (Å²) in [6.07, 6.45) is 0. The van der Waals surface area contributed by atoms with Crippen molar-refractivity contribution < 1.29 is 4.68 Å². The van der Waals surface area contributed by atoms with Gasteiger partial charge in [0.15, 0.2) is 0 Å². The first-order valence-corrected chi connectivity index (χ1v) is 12.4. The highest BCUT2D eigenvalue weighted by atomic mass is 32.1. The van der Waals surface area contributed by atoms with Gasteiger partial charge in [0.05, 0.1) is 0 Å². The fraction of sp³-hybridized carbons (Fsp3) is 0.481. The topological polar surface area (TPSA) is 20.0 Å². The van der Waals surface area contributed by atoms with Crippen LogP contribution in [0.1, 0.15) is 101 Å². The maximum atomic E-state index is 5.10. The van der Waals surface area contributed by atoms with Crippen LogP contribution in [0.5, 0.6) is 0 Å². The molecule has 4 heteroatoms. The van der Waals surface area contributed by atoms with Crippen molar-refractivity contribution in [1.29, 1.82) is 0 Å². The summed E-state index contributed by atoms with van der Waals surface area (Å²) >= 11 is 1.71. The van der Waals surface area contributed by atoms with Crippen LogP contribution in [0, 0.1) is 0 Å². The smallest absolute Gasteiger partial charge is 0.262 e. The summed E-state index contributed by atoms with van der Waals surface area (Å²) in [4.78, 5) is 2.29. The van der Waals surface area contributed by atoms with Crippen LogP contribution in [-0.2, 0) is 0 Å². The molecule has 0 aliphatic heterocycles. The SMILES string of the molecule is CC(C)c1cccc(C(C)C)c1N(C)c1n[n+](-c2c(C(C)C)cccc2C(C)C)cs1. The van der Waals surface area contributed by atoms with Gasteiger partial charge >= 0.3 is 0 Å². The average molecular weight is 437 g/mol. The van der Waals surface area contributed by atoms with E-state index < -0.39 is 0 Å². The zero-order valence-corrected chi connectivity index (χ0v) is 21.4. The Morgan fingerprint density at radius 3 is 1.55 bits per heavy atom. The lowest BCUT2D eigenvalue weighted by atomic mass is 9.92. The number of rotatable bonds is 7. The van der Waals surface area contributed by atoms with E-state index in [1.165, 1.54) is 33.6 Å². The highest BCUT2D eigenvalue weighted by Crippen LogP contribution is 2.38. The number of benzene rings is 2. The van der Waals surface area contributed by atoms with Gasteiger partial charge in [-0.2, -0.15) is 0 Å². The molecule has 31 heavy (non-hydrogen) atoms. The third kappa shape index (κ3) is 4.69. The summed E-state index contributed by atoms with van der Waals surface area (Å²) < 4.78 is 2.11. The van der Waals surface area contributed by atoms with E-state index in [4.69, 9.17) is 5.10 Å². The van der Waals surface area contributed by atoms with Crippen LogP contribution in [0.2, 0.25) is 0 Å². The van der Waals surface area contributed by atoms with Gasteiger partial charge in [-0.1, -0.05) is 91.8 Å². The van der Waals surface area contributed by atoms with E-state index in [2.05, 4.69) is 114 Å². The summed E-state index contributed by atoms with van der Waals surface area (Å²) in [6.45, 7) is 18.1. The molecule has 0 spiro atoms. The summed E-state index contributed by atoms with van der Waals surface area (Å²) in [6, 6.07) is 13.4. The van der Waals surface area contributed by atoms with Crippen LogP contribution >= 0.6 is 11.3 Å². The second-order valence-electron chi connectivity index (χ2n) is 9.70. The average Bonchev–Trinajstić information content (AvgIpc) is 3.21. The maximum Gasteiger partial charge on any atom is 0.262 e. The van der Waals surface area contributed by atoms with Crippen molar-refractivity contribution >= 4 is 22.2 Å². The van der Waals surface area contributed by atoms with E-state index in [9.17, 15) is 0 Å². The lowest BCUT2D eigenvalue weighted by Gasteiger charge is -2.25. The summed E-state index contributed by atoms with van der Waals surface area (Å²) in [7, 11) is 2.16. The Hall–Kier alpha value is -2.20. The zero-order chi connectivity index (χ0) is 22.9. The lowest BCUT2D eigenvalue weighted by Crippen LogP contribution is -2.35. The number of para-hydroxylation sites is 2. The fourth-order valence-corrected chi connectivity index (χ4v) is 4.99. The number of nitrogens with zero attached hydrogens (tertiary/aromatic N) is 3. The van der Waals surface area contributed by atoms with E-state index in [1.54, 1.807) is 11.3 Å². The lowest BCUT2D eigenvalue weighted by molar-refractivity contribution is -0.654. The molecule has 3 aromatic rings. The van der Waals surface area contributed by atoms with Crippen LogP contribution in [0.25, 0.3) is 5.69 Å². The Bertz CT molecular complexity index is 978. The van der Waals surface area contributed by atoms with Gasteiger partial charge in [0.2, 0.25) is 5.69 Å². The minimum atomic E-state index is 0.443. The summed E-state index contributed by atoms with van der Waals surface area (Å²) in [5.74, 6) is 1.80. The molecule has 0 aliphatic rings. The third-order valence-corrected chi connectivity index (χ3v) is 6.86. The van der Waals surface area contributed by atoms with Crippen molar-refractivity contribution in [1.82, 2.24) is 5.10 Å². The normalized spacial score (nSPS) is 11.9. The minimum Gasteiger partial charge on any atom is -0.315 e. The molecule has 166 valence electrons. The second-order valence-corrected chi connectivity index (χ2v) is 10.5. The molecule has 0 N–H and O–H groups in total. The first-order chi connectivity index (χ1) is 14.6. The predicted molar refractivity (Wildman–Crippen MR) is 135 cm³/mol. The highest BCUT2D eigenvalue weighted by Gasteiger charge is 2.27. The molecule has 1 heterocycles. The molecular formula is C27H38N3S+. The zero-order valence-electron chi connectivity index (χ0n) is 20.6. The van der Waals surface area contributed by atoms with E-state index in [0.29, 0.717) is 23.7 Å². The molecule has 2 aromatic carbocycles.